The summed E-state index contributed by atoms with van der Waals surface area (Å²) >= 11 is 0. The Morgan fingerprint density at radius 1 is 1.10 bits per heavy atom. The van der Waals surface area contributed by atoms with Crippen molar-refractivity contribution in [2.75, 3.05) is 31.3 Å². The van der Waals surface area contributed by atoms with Crippen LogP contribution in [0, 0.1) is 24.4 Å². The maximum absolute atomic E-state index is 15.5. The highest BCUT2D eigenvalue weighted by atomic mass is 19.4. The lowest BCUT2D eigenvalue weighted by atomic mass is 10.0. The van der Waals surface area contributed by atoms with Gasteiger partial charge in [0, 0.05) is 31.9 Å². The minimum atomic E-state index is -4.68. The number of morpholine rings is 1. The van der Waals surface area contributed by atoms with Gasteiger partial charge in [-0.3, -0.25) is 19.1 Å². The van der Waals surface area contributed by atoms with E-state index in [4.69, 9.17) is 9.47 Å². The van der Waals surface area contributed by atoms with Crippen molar-refractivity contribution in [3.8, 4) is 5.69 Å². The van der Waals surface area contributed by atoms with Crippen LogP contribution in [0.1, 0.15) is 28.4 Å². The molecule has 1 saturated heterocycles. The first kappa shape index (κ1) is 35.1. The maximum Gasteiger partial charge on any atom is 0.411 e. The molecular formula is C32H29F6N5O6. The summed E-state index contributed by atoms with van der Waals surface area (Å²) < 4.78 is 98.5. The number of hydrogen-bond acceptors (Lipinski definition) is 8. The number of fused-ring (bicyclic) bond motifs is 1. The van der Waals surface area contributed by atoms with Crippen LogP contribution in [0.15, 0.2) is 52.3 Å². The second kappa shape index (κ2) is 13.7. The number of nitrogens with zero attached hydrogens (tertiary/aromatic N) is 4. The first-order valence-corrected chi connectivity index (χ1v) is 14.9. The number of ether oxygens (including phenoxy) is 2. The molecule has 2 aromatic carbocycles. The van der Waals surface area contributed by atoms with Gasteiger partial charge in [-0.2, -0.15) is 13.2 Å². The van der Waals surface area contributed by atoms with E-state index in [9.17, 15) is 32.3 Å². The number of halogens is 6. The van der Waals surface area contributed by atoms with Crippen molar-refractivity contribution < 1.29 is 45.4 Å². The zero-order chi connectivity index (χ0) is 35.8. The van der Waals surface area contributed by atoms with E-state index in [0.29, 0.717) is 4.57 Å². The van der Waals surface area contributed by atoms with Gasteiger partial charge in [-0.25, -0.2) is 27.3 Å². The molecular weight excluding hydrogens is 664 g/mol. The van der Waals surface area contributed by atoms with Crippen LogP contribution in [0.5, 0.6) is 0 Å². The smallest absolute Gasteiger partial charge is 0.411 e. The van der Waals surface area contributed by atoms with Crippen molar-refractivity contribution in [3.05, 3.63) is 97.7 Å². The Labute approximate surface area is 273 Å². The molecule has 11 nitrogen and oxygen atoms in total. The molecule has 2 atom stereocenters. The molecule has 1 aliphatic heterocycles. The van der Waals surface area contributed by atoms with Crippen LogP contribution in [0.4, 0.5) is 32.0 Å². The lowest BCUT2D eigenvalue weighted by Gasteiger charge is -2.38. The first-order valence-electron chi connectivity index (χ1n) is 14.9. The number of anilines is 1. The molecule has 0 unspecified atom stereocenters. The number of rotatable bonds is 8. The summed E-state index contributed by atoms with van der Waals surface area (Å²) in [5.74, 6) is -6.04. The van der Waals surface area contributed by atoms with Gasteiger partial charge in [0.1, 0.15) is 23.6 Å². The number of esters is 1. The number of nitrogens with one attached hydrogen (secondary N) is 1. The van der Waals surface area contributed by atoms with Crippen LogP contribution >= 0.6 is 0 Å². The van der Waals surface area contributed by atoms with Gasteiger partial charge in [0.25, 0.3) is 11.5 Å². The normalized spacial score (nSPS) is 15.7. The molecule has 0 saturated carbocycles. The third-order valence-electron chi connectivity index (χ3n) is 8.03. The molecule has 4 aromatic rings. The molecule has 2 aromatic heterocycles. The van der Waals surface area contributed by atoms with Crippen molar-refractivity contribution in [1.29, 1.82) is 0 Å². The lowest BCUT2D eigenvalue weighted by Crippen LogP contribution is -2.53. The molecule has 49 heavy (non-hydrogen) atoms. The molecule has 1 N–H and O–H groups in total. The molecule has 3 heterocycles. The van der Waals surface area contributed by atoms with Crippen molar-refractivity contribution >= 4 is 28.5 Å². The molecule has 1 amide bonds. The number of benzene rings is 2. The largest absolute Gasteiger partial charge is 0.464 e. The van der Waals surface area contributed by atoms with Crippen molar-refractivity contribution in [2.24, 2.45) is 7.05 Å². The summed E-state index contributed by atoms with van der Waals surface area (Å²) in [6.45, 7) is 1.72. The van der Waals surface area contributed by atoms with Gasteiger partial charge >= 0.3 is 17.8 Å². The molecule has 260 valence electrons. The average molecular weight is 694 g/mol. The minimum absolute atomic E-state index is 0.0355. The summed E-state index contributed by atoms with van der Waals surface area (Å²) in [6, 6.07) is 1.11. The molecule has 1 fully saturated rings. The van der Waals surface area contributed by atoms with Gasteiger partial charge in [-0.05, 0) is 55.3 Å². The van der Waals surface area contributed by atoms with E-state index in [1.165, 1.54) is 45.4 Å². The van der Waals surface area contributed by atoms with E-state index in [-0.39, 0.29) is 47.5 Å². The van der Waals surface area contributed by atoms with Gasteiger partial charge in [0.2, 0.25) is 0 Å². The van der Waals surface area contributed by atoms with E-state index >= 15 is 13.2 Å². The number of alkyl halides is 3. The SMILES string of the molecule is CCOC(=O)[C@H](Cc1cc(F)c(-n2c(=O)c3ccncc3n(C)c2=O)c(F)c1)NC(=O)c1c(C)cc(N2CCOC[C@@H]2C(F)(F)F)cc1F. The number of amides is 1. The highest BCUT2D eigenvalue weighted by Gasteiger charge is 2.45. The van der Waals surface area contributed by atoms with Crippen LogP contribution in [-0.4, -0.2) is 70.6 Å². The number of carbonyl (C=O) groups is 2. The van der Waals surface area contributed by atoms with Gasteiger partial charge in [0.05, 0.1) is 42.5 Å². The second-order valence-electron chi connectivity index (χ2n) is 11.2. The second-order valence-corrected chi connectivity index (χ2v) is 11.2. The Bertz CT molecular complexity index is 2020. The number of aromatic nitrogens is 3. The zero-order valence-corrected chi connectivity index (χ0v) is 26.2. The predicted octanol–water partition coefficient (Wildman–Crippen LogP) is 3.48. The Kier molecular flexibility index (Phi) is 9.85. The van der Waals surface area contributed by atoms with Crippen LogP contribution < -0.4 is 21.5 Å². The number of carbonyl (C=O) groups excluding carboxylic acids is 2. The van der Waals surface area contributed by atoms with Crippen LogP contribution in [0.3, 0.4) is 0 Å². The summed E-state index contributed by atoms with van der Waals surface area (Å²) in [5, 5.41) is 2.25. The molecule has 0 aliphatic carbocycles. The molecule has 17 heteroatoms. The monoisotopic (exact) mass is 693 g/mol. The summed E-state index contributed by atoms with van der Waals surface area (Å²) in [5.41, 5.74) is -3.88. The Hall–Kier alpha value is -5.19. The van der Waals surface area contributed by atoms with Crippen LogP contribution in [0.25, 0.3) is 16.6 Å². The van der Waals surface area contributed by atoms with E-state index in [0.717, 1.165) is 27.7 Å². The van der Waals surface area contributed by atoms with E-state index < -0.39 is 83.1 Å². The summed E-state index contributed by atoms with van der Waals surface area (Å²) in [4.78, 5) is 57.0. The zero-order valence-electron chi connectivity index (χ0n) is 26.2. The molecule has 0 radical (unpaired) electrons. The van der Waals surface area contributed by atoms with E-state index in [2.05, 4.69) is 10.3 Å². The van der Waals surface area contributed by atoms with Gasteiger partial charge in [0.15, 0.2) is 11.6 Å². The predicted molar refractivity (Wildman–Crippen MR) is 163 cm³/mol. The van der Waals surface area contributed by atoms with Gasteiger partial charge in [-0.1, -0.05) is 0 Å². The van der Waals surface area contributed by atoms with E-state index in [1.807, 2.05) is 0 Å². The number of pyridine rings is 1. The molecule has 1 aliphatic rings. The van der Waals surface area contributed by atoms with Crippen molar-refractivity contribution in [2.45, 2.75) is 38.5 Å². The fourth-order valence-corrected chi connectivity index (χ4v) is 5.71. The number of aryl methyl sites for hydroxylation is 2. The standard InChI is InChI=1S/C32H29F6N5O6/c1-4-49-30(46)23(40-28(44)26-16(2)9-18(13-20(26)33)42-7-8-48-15-25(42)32(36,37)38)12-17-10-21(34)27(22(35)11-17)43-29(45)19-5-6-39-14-24(19)41(3)31(43)47/h5-6,9-11,13-14,23,25H,4,7-8,12,15H2,1-3H3,(H,40,44)/t23-,25+/m0/s1. The molecule has 0 spiro atoms. The first-order chi connectivity index (χ1) is 23.1. The van der Waals surface area contributed by atoms with Gasteiger partial charge < -0.3 is 19.7 Å². The van der Waals surface area contributed by atoms with Crippen LogP contribution in [-0.2, 0) is 27.7 Å². The fraction of sp³-hybridized carbons (Fsp3) is 0.344. The quantitative estimate of drug-likeness (QED) is 0.220. The average Bonchev–Trinajstić information content (AvgIpc) is 3.04. The van der Waals surface area contributed by atoms with Crippen molar-refractivity contribution in [1.82, 2.24) is 19.4 Å². The van der Waals surface area contributed by atoms with Gasteiger partial charge in [-0.15, -0.1) is 0 Å². The Balaban J connectivity index is 1.45. The summed E-state index contributed by atoms with van der Waals surface area (Å²) in [6.07, 6.45) is -2.73. The Morgan fingerprint density at radius 3 is 2.43 bits per heavy atom. The molecule has 5 rings (SSSR count). The lowest BCUT2D eigenvalue weighted by molar-refractivity contribution is -0.167. The third-order valence-corrected chi connectivity index (χ3v) is 8.03. The topological polar surface area (TPSA) is 125 Å². The van der Waals surface area contributed by atoms with Crippen LogP contribution in [0.2, 0.25) is 0 Å². The summed E-state index contributed by atoms with van der Waals surface area (Å²) in [7, 11) is 1.29. The molecule has 0 bridgehead atoms. The van der Waals surface area contributed by atoms with Crippen molar-refractivity contribution in [3.63, 3.8) is 0 Å². The Morgan fingerprint density at radius 2 is 1.80 bits per heavy atom. The minimum Gasteiger partial charge on any atom is -0.464 e. The fourth-order valence-electron chi connectivity index (χ4n) is 5.71. The van der Waals surface area contributed by atoms with E-state index in [1.54, 1.807) is 0 Å². The third kappa shape index (κ3) is 6.88. The number of hydrogen-bond donors (Lipinski definition) is 1. The highest BCUT2D eigenvalue weighted by molar-refractivity contribution is 5.98. The maximum atomic E-state index is 15.5. The highest BCUT2D eigenvalue weighted by Crippen LogP contribution is 2.33.